The van der Waals surface area contributed by atoms with Crippen LogP contribution < -0.4 is 15.4 Å². The van der Waals surface area contributed by atoms with E-state index in [1.165, 1.54) is 31.4 Å². The van der Waals surface area contributed by atoms with Crippen LogP contribution in [0.1, 0.15) is 17.3 Å². The molecular formula is C19H20N2O6. The van der Waals surface area contributed by atoms with Crippen LogP contribution in [0.15, 0.2) is 48.5 Å². The van der Waals surface area contributed by atoms with E-state index in [1.807, 2.05) is 0 Å². The largest absolute Gasteiger partial charge is 0.513 e. The van der Waals surface area contributed by atoms with Crippen LogP contribution in [0.3, 0.4) is 0 Å². The fourth-order valence-electron chi connectivity index (χ4n) is 2.09. The Kier molecular flexibility index (Phi) is 7.33. The van der Waals surface area contributed by atoms with E-state index in [0.29, 0.717) is 16.9 Å². The van der Waals surface area contributed by atoms with Gasteiger partial charge in [0.05, 0.1) is 6.61 Å². The quantitative estimate of drug-likeness (QED) is 0.572. The maximum absolute atomic E-state index is 12.3. The summed E-state index contributed by atoms with van der Waals surface area (Å²) < 4.78 is 14.3. The van der Waals surface area contributed by atoms with Gasteiger partial charge in [0.1, 0.15) is 12.4 Å². The van der Waals surface area contributed by atoms with Crippen molar-refractivity contribution in [3.05, 3.63) is 54.1 Å². The van der Waals surface area contributed by atoms with Crippen LogP contribution in [0.4, 0.5) is 16.2 Å². The van der Waals surface area contributed by atoms with Gasteiger partial charge >= 0.3 is 6.16 Å². The molecule has 0 aliphatic carbocycles. The van der Waals surface area contributed by atoms with E-state index in [1.54, 1.807) is 31.2 Å². The van der Waals surface area contributed by atoms with Gasteiger partial charge in [0.25, 0.3) is 5.91 Å². The fraction of sp³-hybridized carbons (Fsp3) is 0.211. The molecule has 8 heteroatoms. The van der Waals surface area contributed by atoms with Crippen molar-refractivity contribution in [2.24, 2.45) is 0 Å². The minimum Gasteiger partial charge on any atom is -0.434 e. The Balaban J connectivity index is 1.92. The fourth-order valence-corrected chi connectivity index (χ4v) is 2.09. The molecule has 0 heterocycles. The minimum atomic E-state index is -0.799. The molecule has 0 bridgehead atoms. The second-order valence-electron chi connectivity index (χ2n) is 5.32. The molecule has 8 nitrogen and oxygen atoms in total. The maximum Gasteiger partial charge on any atom is 0.513 e. The van der Waals surface area contributed by atoms with E-state index < -0.39 is 6.16 Å². The van der Waals surface area contributed by atoms with Gasteiger partial charge in [-0.3, -0.25) is 9.59 Å². The van der Waals surface area contributed by atoms with Crippen molar-refractivity contribution in [3.63, 3.8) is 0 Å². The maximum atomic E-state index is 12.3. The third-order valence-corrected chi connectivity index (χ3v) is 3.28. The van der Waals surface area contributed by atoms with Crippen molar-refractivity contribution in [2.45, 2.75) is 6.92 Å². The van der Waals surface area contributed by atoms with Crippen molar-refractivity contribution >= 4 is 29.3 Å². The van der Waals surface area contributed by atoms with Gasteiger partial charge in [0.15, 0.2) is 0 Å². The highest BCUT2D eigenvalue weighted by Gasteiger charge is 2.09. The number of hydrogen-bond donors (Lipinski definition) is 2. The molecule has 0 saturated carbocycles. The molecular weight excluding hydrogens is 352 g/mol. The van der Waals surface area contributed by atoms with Crippen molar-refractivity contribution < 1.29 is 28.6 Å². The third-order valence-electron chi connectivity index (χ3n) is 3.28. The molecule has 0 aliphatic heterocycles. The Labute approximate surface area is 156 Å². The zero-order chi connectivity index (χ0) is 19.6. The van der Waals surface area contributed by atoms with Gasteiger partial charge in [-0.2, -0.15) is 0 Å². The Morgan fingerprint density at radius 3 is 2.04 bits per heavy atom. The summed E-state index contributed by atoms with van der Waals surface area (Å²) in [7, 11) is 1.44. The highest BCUT2D eigenvalue weighted by molar-refractivity contribution is 6.04. The summed E-state index contributed by atoms with van der Waals surface area (Å²) in [6, 6.07) is 12.7. The Hall–Kier alpha value is -3.39. The lowest BCUT2D eigenvalue weighted by Gasteiger charge is -2.08. The summed E-state index contributed by atoms with van der Waals surface area (Å²) in [5, 5.41) is 5.39. The number of rotatable bonds is 7. The Bertz CT molecular complexity index is 787. The molecule has 2 amide bonds. The van der Waals surface area contributed by atoms with Crippen molar-refractivity contribution in [3.8, 4) is 5.75 Å². The van der Waals surface area contributed by atoms with E-state index in [0.717, 1.165) is 0 Å². The zero-order valence-corrected chi connectivity index (χ0v) is 15.0. The lowest BCUT2D eigenvalue weighted by molar-refractivity contribution is -0.119. The number of carbonyl (C=O) groups is 3. The average Bonchev–Trinajstić information content (AvgIpc) is 2.64. The topological polar surface area (TPSA) is 103 Å². The molecule has 2 aromatic rings. The Morgan fingerprint density at radius 2 is 1.48 bits per heavy atom. The number of amides is 2. The summed E-state index contributed by atoms with van der Waals surface area (Å²) in [6.45, 7) is 1.86. The number of ether oxygens (including phenoxy) is 3. The monoisotopic (exact) mass is 372 g/mol. The van der Waals surface area contributed by atoms with Gasteiger partial charge in [0, 0.05) is 24.0 Å². The standard InChI is InChI=1S/C19H20N2O6/c1-3-26-19(24)27-16-10-4-13(5-11-16)18(23)21-15-8-6-14(7-9-15)20-17(22)12-25-2/h4-11H,3,12H2,1-2H3,(H,20,22)(H,21,23). The molecule has 0 unspecified atom stereocenters. The summed E-state index contributed by atoms with van der Waals surface area (Å²) in [6.07, 6.45) is -0.799. The highest BCUT2D eigenvalue weighted by Crippen LogP contribution is 2.17. The van der Waals surface area contributed by atoms with Crippen molar-refractivity contribution in [1.29, 1.82) is 0 Å². The van der Waals surface area contributed by atoms with Gasteiger partial charge in [-0.05, 0) is 55.5 Å². The number of nitrogens with one attached hydrogen (secondary N) is 2. The first-order valence-corrected chi connectivity index (χ1v) is 8.16. The predicted molar refractivity (Wildman–Crippen MR) is 99.0 cm³/mol. The summed E-state index contributed by atoms with van der Waals surface area (Å²) >= 11 is 0. The molecule has 0 aliphatic rings. The van der Waals surface area contributed by atoms with E-state index in [2.05, 4.69) is 15.4 Å². The lowest BCUT2D eigenvalue weighted by atomic mass is 10.2. The van der Waals surface area contributed by atoms with Gasteiger partial charge in [-0.25, -0.2) is 4.79 Å². The van der Waals surface area contributed by atoms with E-state index in [4.69, 9.17) is 9.47 Å². The first-order chi connectivity index (χ1) is 13.0. The van der Waals surface area contributed by atoms with Crippen LogP contribution in [-0.4, -0.2) is 38.3 Å². The van der Waals surface area contributed by atoms with Crippen molar-refractivity contribution in [1.82, 2.24) is 0 Å². The molecule has 2 aromatic carbocycles. The number of hydrogen-bond acceptors (Lipinski definition) is 6. The number of benzene rings is 2. The molecule has 2 N–H and O–H groups in total. The smallest absolute Gasteiger partial charge is 0.434 e. The normalized spacial score (nSPS) is 10.0. The van der Waals surface area contributed by atoms with Gasteiger partial charge in [0.2, 0.25) is 5.91 Å². The van der Waals surface area contributed by atoms with Crippen LogP contribution in [-0.2, 0) is 14.3 Å². The van der Waals surface area contributed by atoms with E-state index in [-0.39, 0.29) is 30.8 Å². The minimum absolute atomic E-state index is 0.0334. The van der Waals surface area contributed by atoms with Crippen LogP contribution in [0.2, 0.25) is 0 Å². The summed E-state index contributed by atoms with van der Waals surface area (Å²) in [5.41, 5.74) is 1.55. The number of methoxy groups -OCH3 is 1. The zero-order valence-electron chi connectivity index (χ0n) is 15.0. The van der Waals surface area contributed by atoms with Gasteiger partial charge in [-0.15, -0.1) is 0 Å². The molecule has 0 radical (unpaired) electrons. The average molecular weight is 372 g/mol. The second-order valence-corrected chi connectivity index (χ2v) is 5.32. The molecule has 0 atom stereocenters. The highest BCUT2D eigenvalue weighted by atomic mass is 16.7. The molecule has 0 aromatic heterocycles. The van der Waals surface area contributed by atoms with Gasteiger partial charge < -0.3 is 24.8 Å². The first kappa shape index (κ1) is 19.9. The molecule has 0 saturated heterocycles. The van der Waals surface area contributed by atoms with Crippen molar-refractivity contribution in [2.75, 3.05) is 31.0 Å². The molecule has 142 valence electrons. The lowest BCUT2D eigenvalue weighted by Crippen LogP contribution is -2.17. The SMILES string of the molecule is CCOC(=O)Oc1ccc(C(=O)Nc2ccc(NC(=O)COC)cc2)cc1. The van der Waals surface area contributed by atoms with Crippen LogP contribution in [0.5, 0.6) is 5.75 Å². The number of carbonyl (C=O) groups excluding carboxylic acids is 3. The van der Waals surface area contributed by atoms with Gasteiger partial charge in [-0.1, -0.05) is 0 Å². The second kappa shape index (κ2) is 9.93. The molecule has 27 heavy (non-hydrogen) atoms. The predicted octanol–water partition coefficient (Wildman–Crippen LogP) is 3.06. The molecule has 0 spiro atoms. The van der Waals surface area contributed by atoms with Crippen LogP contribution >= 0.6 is 0 Å². The summed E-state index contributed by atoms with van der Waals surface area (Å²) in [4.78, 5) is 35.0. The van der Waals surface area contributed by atoms with E-state index in [9.17, 15) is 14.4 Å². The first-order valence-electron chi connectivity index (χ1n) is 8.16. The molecule has 0 fully saturated rings. The Morgan fingerprint density at radius 1 is 0.889 bits per heavy atom. The van der Waals surface area contributed by atoms with Crippen LogP contribution in [0.25, 0.3) is 0 Å². The third kappa shape index (κ3) is 6.44. The molecule has 2 rings (SSSR count). The van der Waals surface area contributed by atoms with E-state index >= 15 is 0 Å². The van der Waals surface area contributed by atoms with Crippen LogP contribution in [0, 0.1) is 0 Å². The summed E-state index contributed by atoms with van der Waals surface area (Å²) in [5.74, 6) is -0.311. The number of anilines is 2.